The summed E-state index contributed by atoms with van der Waals surface area (Å²) in [7, 11) is 0. The lowest BCUT2D eigenvalue weighted by molar-refractivity contribution is -0.137. The van der Waals surface area contributed by atoms with Crippen molar-refractivity contribution in [3.63, 3.8) is 0 Å². The van der Waals surface area contributed by atoms with Crippen LogP contribution in [0.3, 0.4) is 0 Å². The van der Waals surface area contributed by atoms with Gasteiger partial charge < -0.3 is 10.2 Å². The first-order valence-electron chi connectivity index (χ1n) is 34.6. The van der Waals surface area contributed by atoms with Crippen molar-refractivity contribution in [2.75, 3.05) is 0 Å². The SMILES string of the molecule is CC(C)CC(C)CC(C)C.CC(CCC(=O)O)CCC(=O)O.CC1CCCCC1.CCC.CCC(C)CC.CCCCC(CC)CC.CCCCCCC(C)CCCCCC.CCCCCCCCC.CCc1ccccc1. The molecule has 0 radical (unpaired) electrons. The zero-order valence-electron chi connectivity index (χ0n) is 57.9. The fourth-order valence-corrected chi connectivity index (χ4v) is 9.10. The van der Waals surface area contributed by atoms with Crippen LogP contribution in [0.15, 0.2) is 30.3 Å². The molecule has 1 aromatic carbocycles. The normalized spacial score (nSPS) is 11.7. The van der Waals surface area contributed by atoms with E-state index in [-0.39, 0.29) is 18.8 Å². The molecule has 2 N–H and O–H groups in total. The van der Waals surface area contributed by atoms with E-state index in [9.17, 15) is 9.59 Å². The van der Waals surface area contributed by atoms with Crippen molar-refractivity contribution in [3.8, 4) is 0 Å². The van der Waals surface area contributed by atoms with Crippen LogP contribution < -0.4 is 0 Å². The van der Waals surface area contributed by atoms with Crippen LogP contribution >= 0.6 is 0 Å². The van der Waals surface area contributed by atoms with Crippen molar-refractivity contribution in [1.82, 2.24) is 0 Å². The Labute approximate surface area is 495 Å². The van der Waals surface area contributed by atoms with E-state index < -0.39 is 11.9 Å². The van der Waals surface area contributed by atoms with Crippen LogP contribution in [0.2, 0.25) is 0 Å². The Morgan fingerprint density at radius 2 is 0.769 bits per heavy atom. The van der Waals surface area contributed by atoms with E-state index in [1.54, 1.807) is 0 Å². The standard InChI is InChI=1S/C14H30.C10H22.2C9H20.C8H14O4.C8H10.C7H14.C6H14.C3H8/c1-4-6-8-10-12-14(3)13-11-9-7-5-2;1-8(2)6-10(5)7-9(3)4;1-4-7-8-9(5-2)6-3;1-3-5-7-9-8-6-4-2;1-6(2-4-7(9)10)3-5-8(11)12;1-2-8-6-4-3-5-7-8;1-7-5-3-2-4-6-7;1-4-6(3)5-2;1-3-2/h14H,4-13H2,1-3H3;8-10H,6-7H2,1-5H3;9H,4-8H2,1-3H3;3-9H2,1-2H3;6H,2-5H2,1H3,(H,9,10)(H,11,12);3-7H,2H2,1H3;7H,2-6H2,1H3;6H,4-5H2,1-3H3;3H2,1-2H3. The minimum absolute atomic E-state index is 0.126. The van der Waals surface area contributed by atoms with Crippen molar-refractivity contribution in [2.24, 2.45) is 47.3 Å². The van der Waals surface area contributed by atoms with Crippen LogP contribution in [0.5, 0.6) is 0 Å². The van der Waals surface area contributed by atoms with E-state index in [1.165, 1.54) is 211 Å². The number of hydrogen-bond acceptors (Lipinski definition) is 2. The molecule has 0 bridgehead atoms. The molecule has 0 amide bonds. The highest BCUT2D eigenvalue weighted by Gasteiger charge is 2.09. The number of rotatable bonds is 34. The third kappa shape index (κ3) is 96.4. The predicted octanol–water partition coefficient (Wildman–Crippen LogP) is 26.7. The van der Waals surface area contributed by atoms with Crippen molar-refractivity contribution in [1.29, 1.82) is 0 Å². The molecular formula is C74H152O4. The summed E-state index contributed by atoms with van der Waals surface area (Å²) < 4.78 is 0. The molecule has 4 nitrogen and oxygen atoms in total. The molecule has 1 aliphatic rings. The van der Waals surface area contributed by atoms with Crippen LogP contribution in [-0.4, -0.2) is 22.2 Å². The third-order valence-electron chi connectivity index (χ3n) is 14.9. The molecular weight excluding hydrogens is 953 g/mol. The van der Waals surface area contributed by atoms with E-state index in [4.69, 9.17) is 10.2 Å². The number of benzene rings is 1. The smallest absolute Gasteiger partial charge is 0.303 e. The lowest BCUT2D eigenvalue weighted by Crippen LogP contribution is -2.04. The summed E-state index contributed by atoms with van der Waals surface area (Å²) in [6.45, 7) is 47.3. The Morgan fingerprint density at radius 1 is 0.423 bits per heavy atom. The van der Waals surface area contributed by atoms with Crippen molar-refractivity contribution in [3.05, 3.63) is 35.9 Å². The summed E-state index contributed by atoms with van der Waals surface area (Å²) in [6, 6.07) is 10.5. The van der Waals surface area contributed by atoms with Gasteiger partial charge in [-0.15, -0.1) is 0 Å². The Kier molecular flexibility index (Phi) is 89.1. The second kappa shape index (κ2) is 77.2. The van der Waals surface area contributed by atoms with Gasteiger partial charge in [-0.3, -0.25) is 9.59 Å². The molecule has 1 saturated carbocycles. The van der Waals surface area contributed by atoms with Gasteiger partial charge in [-0.25, -0.2) is 0 Å². The molecule has 2 rings (SSSR count). The molecule has 472 valence electrons. The largest absolute Gasteiger partial charge is 0.481 e. The molecule has 0 saturated heterocycles. The van der Waals surface area contributed by atoms with Crippen LogP contribution in [0.25, 0.3) is 0 Å². The van der Waals surface area contributed by atoms with Crippen LogP contribution in [-0.2, 0) is 16.0 Å². The van der Waals surface area contributed by atoms with Gasteiger partial charge in [-0.2, -0.15) is 0 Å². The van der Waals surface area contributed by atoms with Crippen LogP contribution in [0.4, 0.5) is 0 Å². The first kappa shape index (κ1) is 89.9. The fourth-order valence-electron chi connectivity index (χ4n) is 9.10. The van der Waals surface area contributed by atoms with E-state index in [0.29, 0.717) is 12.8 Å². The summed E-state index contributed by atoms with van der Waals surface area (Å²) in [4.78, 5) is 20.3. The molecule has 0 unspecified atom stereocenters. The Bertz CT molecular complexity index is 1120. The summed E-state index contributed by atoms with van der Waals surface area (Å²) in [5.41, 5.74) is 1.41. The van der Waals surface area contributed by atoms with Gasteiger partial charge in [-0.1, -0.05) is 368 Å². The molecule has 0 aromatic heterocycles. The Morgan fingerprint density at radius 3 is 1.03 bits per heavy atom. The zero-order valence-corrected chi connectivity index (χ0v) is 57.9. The average molecular weight is 1110 g/mol. The number of carboxylic acids is 2. The summed E-state index contributed by atoms with van der Waals surface area (Å²) in [6.07, 6.45) is 47.9. The number of hydrogen-bond donors (Lipinski definition) is 2. The van der Waals surface area contributed by atoms with Gasteiger partial charge in [0.15, 0.2) is 0 Å². The topological polar surface area (TPSA) is 74.6 Å². The molecule has 1 fully saturated rings. The van der Waals surface area contributed by atoms with E-state index in [1.807, 2.05) is 13.0 Å². The highest BCUT2D eigenvalue weighted by Crippen LogP contribution is 2.22. The lowest BCUT2D eigenvalue weighted by atomic mass is 9.91. The summed E-state index contributed by atoms with van der Waals surface area (Å²) in [5.74, 6) is 5.14. The molecule has 0 aliphatic heterocycles. The highest BCUT2D eigenvalue weighted by molar-refractivity contribution is 5.67. The summed E-state index contributed by atoms with van der Waals surface area (Å²) in [5, 5.41) is 16.6. The van der Waals surface area contributed by atoms with Crippen LogP contribution in [0, 0.1) is 47.3 Å². The van der Waals surface area contributed by atoms with Gasteiger partial charge >= 0.3 is 11.9 Å². The second-order valence-electron chi connectivity index (χ2n) is 24.9. The number of carboxylic acid groups (broad SMARTS) is 2. The minimum atomic E-state index is -0.822. The van der Waals surface area contributed by atoms with Gasteiger partial charge in [0.25, 0.3) is 0 Å². The van der Waals surface area contributed by atoms with Gasteiger partial charge in [-0.05, 0) is 85.0 Å². The second-order valence-corrected chi connectivity index (χ2v) is 24.9. The molecule has 1 aromatic rings. The lowest BCUT2D eigenvalue weighted by Gasteiger charge is -2.15. The summed E-state index contributed by atoms with van der Waals surface area (Å²) >= 11 is 0. The Balaban J connectivity index is -0.000000148. The van der Waals surface area contributed by atoms with Crippen LogP contribution in [0.1, 0.15) is 382 Å². The minimum Gasteiger partial charge on any atom is -0.481 e. The maximum atomic E-state index is 10.1. The molecule has 0 atom stereocenters. The van der Waals surface area contributed by atoms with Crippen molar-refractivity contribution < 1.29 is 19.8 Å². The quantitative estimate of drug-likeness (QED) is 0.0675. The van der Waals surface area contributed by atoms with Gasteiger partial charge in [0, 0.05) is 12.8 Å². The molecule has 4 heteroatoms. The maximum absolute atomic E-state index is 10.1. The maximum Gasteiger partial charge on any atom is 0.303 e. The zero-order chi connectivity index (χ0) is 61.0. The first-order chi connectivity index (χ1) is 37.2. The van der Waals surface area contributed by atoms with E-state index >= 15 is 0 Å². The first-order valence-corrected chi connectivity index (χ1v) is 34.6. The van der Waals surface area contributed by atoms with Gasteiger partial charge in [0.2, 0.25) is 0 Å². The number of aliphatic carboxylic acids is 2. The van der Waals surface area contributed by atoms with E-state index in [2.05, 4.69) is 163 Å². The average Bonchev–Trinajstić information content (AvgIpc) is 3.41. The van der Waals surface area contributed by atoms with Crippen molar-refractivity contribution in [2.45, 2.75) is 383 Å². The van der Waals surface area contributed by atoms with Gasteiger partial charge in [0.1, 0.15) is 0 Å². The molecule has 78 heavy (non-hydrogen) atoms. The number of aryl methyl sites for hydroxylation is 1. The number of unbranched alkanes of at least 4 members (excludes halogenated alkanes) is 13. The number of carbonyl (C=O) groups is 2. The van der Waals surface area contributed by atoms with Crippen molar-refractivity contribution >= 4 is 11.9 Å². The fraction of sp³-hybridized carbons (Fsp3) is 0.892. The monoisotopic (exact) mass is 1110 g/mol. The molecule has 1 aliphatic carbocycles. The highest BCUT2D eigenvalue weighted by atomic mass is 16.4. The molecule has 0 spiro atoms. The molecule has 0 heterocycles. The third-order valence-corrected chi connectivity index (χ3v) is 14.9. The Hall–Kier alpha value is -1.84. The van der Waals surface area contributed by atoms with E-state index in [0.717, 1.165) is 47.8 Å². The predicted molar refractivity (Wildman–Crippen MR) is 359 cm³/mol. The van der Waals surface area contributed by atoms with Gasteiger partial charge in [0.05, 0.1) is 0 Å².